The number of fused-ring (bicyclic) bond motifs is 1. The molecule has 2 aromatic carbocycles. The quantitative estimate of drug-likeness (QED) is 0.559. The maximum absolute atomic E-state index is 13.3. The lowest BCUT2D eigenvalue weighted by Gasteiger charge is -2.31. The number of anilines is 3. The van der Waals surface area contributed by atoms with Crippen LogP contribution in [0.25, 0.3) is 0 Å². The van der Waals surface area contributed by atoms with E-state index in [1.54, 1.807) is 35.8 Å². The molecule has 2 aliphatic heterocycles. The predicted octanol–water partition coefficient (Wildman–Crippen LogP) is 4.40. The van der Waals surface area contributed by atoms with Gasteiger partial charge < -0.3 is 9.80 Å². The Balaban J connectivity index is 1.27. The molecule has 172 valence electrons. The van der Waals surface area contributed by atoms with E-state index in [2.05, 4.69) is 14.6 Å². The number of rotatable bonds is 5. The van der Waals surface area contributed by atoms with E-state index >= 15 is 0 Å². The van der Waals surface area contributed by atoms with Crippen molar-refractivity contribution in [2.24, 2.45) is 5.92 Å². The van der Waals surface area contributed by atoms with Crippen molar-refractivity contribution in [3.05, 3.63) is 64.6 Å². The molecule has 3 heterocycles. The third-order valence-corrected chi connectivity index (χ3v) is 8.54. The van der Waals surface area contributed by atoms with Crippen molar-refractivity contribution < 1.29 is 13.2 Å². The highest BCUT2D eigenvalue weighted by Crippen LogP contribution is 2.33. The Morgan fingerprint density at radius 1 is 1.15 bits per heavy atom. The Bertz CT molecular complexity index is 1260. The summed E-state index contributed by atoms with van der Waals surface area (Å²) in [4.78, 5) is 21.5. The number of nitrogens with zero attached hydrogens (tertiary/aromatic N) is 3. The Hall–Kier alpha value is -2.62. The van der Waals surface area contributed by atoms with Crippen molar-refractivity contribution >= 4 is 55.4 Å². The summed E-state index contributed by atoms with van der Waals surface area (Å²) < 4.78 is 27.6. The molecule has 10 heteroatoms. The third kappa shape index (κ3) is 4.58. The van der Waals surface area contributed by atoms with Crippen LogP contribution in [0.5, 0.6) is 0 Å². The van der Waals surface area contributed by atoms with Gasteiger partial charge >= 0.3 is 0 Å². The molecule has 1 N–H and O–H groups in total. The molecular formula is C23H23ClN4O3S2. The minimum atomic E-state index is -3.68. The molecule has 5 rings (SSSR count). The van der Waals surface area contributed by atoms with Gasteiger partial charge in [-0.1, -0.05) is 11.6 Å². The summed E-state index contributed by atoms with van der Waals surface area (Å²) in [6.45, 7) is 2.09. The molecule has 1 saturated heterocycles. The highest BCUT2D eigenvalue weighted by Gasteiger charge is 2.34. The third-order valence-electron chi connectivity index (χ3n) is 6.13. The molecule has 1 amide bonds. The van der Waals surface area contributed by atoms with Crippen LogP contribution in [-0.2, 0) is 21.2 Å². The smallest absolute Gasteiger partial charge is 0.263 e. The highest BCUT2D eigenvalue weighted by molar-refractivity contribution is 7.93. The van der Waals surface area contributed by atoms with E-state index in [0.717, 1.165) is 49.3 Å². The van der Waals surface area contributed by atoms with Crippen LogP contribution >= 0.6 is 22.9 Å². The van der Waals surface area contributed by atoms with Gasteiger partial charge in [0.15, 0.2) is 5.13 Å². The number of hydrogen-bond acceptors (Lipinski definition) is 6. The SMILES string of the molecule is O=C(C1CCN(c2ccc(S(=O)(=O)Nc3nccs3)cc2)C1)N1CCCc2cc(Cl)ccc21. The first-order valence-corrected chi connectivity index (χ1v) is 13.5. The molecule has 0 radical (unpaired) electrons. The van der Waals surface area contributed by atoms with Gasteiger partial charge in [0, 0.05) is 47.6 Å². The highest BCUT2D eigenvalue weighted by atomic mass is 35.5. The van der Waals surface area contributed by atoms with E-state index in [9.17, 15) is 13.2 Å². The molecule has 7 nitrogen and oxygen atoms in total. The Labute approximate surface area is 202 Å². The van der Waals surface area contributed by atoms with Crippen LogP contribution in [-0.4, -0.2) is 38.9 Å². The van der Waals surface area contributed by atoms with Crippen molar-refractivity contribution in [1.29, 1.82) is 0 Å². The summed E-state index contributed by atoms with van der Waals surface area (Å²) in [6, 6.07) is 12.5. The number of aryl methyl sites for hydroxylation is 1. The lowest BCUT2D eigenvalue weighted by molar-refractivity contribution is -0.121. The number of nitrogens with one attached hydrogen (secondary N) is 1. The average molecular weight is 503 g/mol. The fourth-order valence-electron chi connectivity index (χ4n) is 4.50. The number of aromatic nitrogens is 1. The van der Waals surface area contributed by atoms with Gasteiger partial charge in [-0.2, -0.15) is 0 Å². The molecular weight excluding hydrogens is 480 g/mol. The molecule has 0 saturated carbocycles. The second-order valence-electron chi connectivity index (χ2n) is 8.23. The predicted molar refractivity (Wildman–Crippen MR) is 132 cm³/mol. The van der Waals surface area contributed by atoms with Crippen LogP contribution < -0.4 is 14.5 Å². The Morgan fingerprint density at radius 3 is 2.73 bits per heavy atom. The number of halogens is 1. The lowest BCUT2D eigenvalue weighted by atomic mass is 9.99. The van der Waals surface area contributed by atoms with Gasteiger partial charge in [-0.3, -0.25) is 9.52 Å². The molecule has 1 atom stereocenters. The standard InChI is InChI=1S/C23H23ClN4O3S2/c24-18-3-8-21-16(14-18)2-1-11-28(21)22(29)17-9-12-27(15-17)19-4-6-20(7-5-19)33(30,31)26-23-25-10-13-32-23/h3-8,10,13-14,17H,1-2,9,11-12,15H2,(H,25,26). The number of amides is 1. The molecule has 0 aliphatic carbocycles. The van der Waals surface area contributed by atoms with Crippen LogP contribution in [0.2, 0.25) is 5.02 Å². The lowest BCUT2D eigenvalue weighted by Crippen LogP contribution is -2.40. The van der Waals surface area contributed by atoms with Crippen molar-refractivity contribution in [3.8, 4) is 0 Å². The van der Waals surface area contributed by atoms with Gasteiger partial charge in [-0.05, 0) is 67.3 Å². The largest absolute Gasteiger partial charge is 0.371 e. The first-order chi connectivity index (χ1) is 15.9. The molecule has 33 heavy (non-hydrogen) atoms. The van der Waals surface area contributed by atoms with E-state index in [0.29, 0.717) is 16.7 Å². The number of carbonyl (C=O) groups excluding carboxylic acids is 1. The summed E-state index contributed by atoms with van der Waals surface area (Å²) in [5.41, 5.74) is 3.00. The second-order valence-corrected chi connectivity index (χ2v) is 11.2. The van der Waals surface area contributed by atoms with Gasteiger partial charge in [-0.15, -0.1) is 11.3 Å². The van der Waals surface area contributed by atoms with Crippen LogP contribution in [0.15, 0.2) is 58.9 Å². The second kappa shape index (κ2) is 8.96. The summed E-state index contributed by atoms with van der Waals surface area (Å²) in [5.74, 6) is 0.0502. The minimum Gasteiger partial charge on any atom is -0.371 e. The first kappa shape index (κ1) is 22.2. The maximum atomic E-state index is 13.3. The number of hydrogen-bond donors (Lipinski definition) is 1. The summed E-state index contributed by atoms with van der Waals surface area (Å²) in [7, 11) is -3.68. The fraction of sp³-hybridized carbons (Fsp3) is 0.304. The fourth-order valence-corrected chi connectivity index (χ4v) is 6.48. The van der Waals surface area contributed by atoms with E-state index in [4.69, 9.17) is 11.6 Å². The van der Waals surface area contributed by atoms with Gasteiger partial charge in [0.2, 0.25) is 5.91 Å². The van der Waals surface area contributed by atoms with Crippen molar-refractivity contribution in [1.82, 2.24) is 4.98 Å². The topological polar surface area (TPSA) is 82.6 Å². The van der Waals surface area contributed by atoms with E-state index in [-0.39, 0.29) is 16.7 Å². The number of benzene rings is 2. The van der Waals surface area contributed by atoms with Gasteiger partial charge in [0.25, 0.3) is 10.0 Å². The first-order valence-electron chi connectivity index (χ1n) is 10.8. The number of carbonyl (C=O) groups is 1. The average Bonchev–Trinajstić information content (AvgIpc) is 3.50. The molecule has 2 aliphatic rings. The van der Waals surface area contributed by atoms with E-state index in [1.165, 1.54) is 11.3 Å². The monoisotopic (exact) mass is 502 g/mol. The normalized spacial score (nSPS) is 18.3. The van der Waals surface area contributed by atoms with Crippen LogP contribution in [0.4, 0.5) is 16.5 Å². The zero-order valence-electron chi connectivity index (χ0n) is 17.8. The van der Waals surface area contributed by atoms with E-state index in [1.807, 2.05) is 23.1 Å². The zero-order chi connectivity index (χ0) is 23.0. The van der Waals surface area contributed by atoms with Crippen molar-refractivity contribution in [2.75, 3.05) is 34.2 Å². The molecule has 1 fully saturated rings. The molecule has 1 aromatic heterocycles. The Kier molecular flexibility index (Phi) is 6.03. The molecule has 1 unspecified atom stereocenters. The van der Waals surface area contributed by atoms with Gasteiger partial charge in [0.1, 0.15) is 0 Å². The van der Waals surface area contributed by atoms with Crippen LogP contribution in [0.3, 0.4) is 0 Å². The minimum absolute atomic E-state index is 0.0957. The number of sulfonamides is 1. The zero-order valence-corrected chi connectivity index (χ0v) is 20.2. The molecule has 0 bridgehead atoms. The van der Waals surface area contributed by atoms with E-state index < -0.39 is 10.0 Å². The van der Waals surface area contributed by atoms with Crippen molar-refractivity contribution in [3.63, 3.8) is 0 Å². The molecule has 3 aromatic rings. The summed E-state index contributed by atoms with van der Waals surface area (Å²) >= 11 is 7.37. The Morgan fingerprint density at radius 2 is 1.97 bits per heavy atom. The van der Waals surface area contributed by atoms with Gasteiger partial charge in [-0.25, -0.2) is 13.4 Å². The maximum Gasteiger partial charge on any atom is 0.263 e. The summed E-state index contributed by atoms with van der Waals surface area (Å²) in [6.07, 6.45) is 4.18. The summed E-state index contributed by atoms with van der Waals surface area (Å²) in [5, 5.41) is 2.74. The number of thiazole rings is 1. The van der Waals surface area contributed by atoms with Crippen LogP contribution in [0.1, 0.15) is 18.4 Å². The molecule has 0 spiro atoms. The van der Waals surface area contributed by atoms with Gasteiger partial charge in [0.05, 0.1) is 10.8 Å². The van der Waals surface area contributed by atoms with Crippen molar-refractivity contribution in [2.45, 2.75) is 24.2 Å². The van der Waals surface area contributed by atoms with Crippen LogP contribution in [0, 0.1) is 5.92 Å².